The van der Waals surface area contributed by atoms with Gasteiger partial charge in [-0.25, -0.2) is 9.97 Å². The molecule has 4 aliphatic carbocycles. The molecule has 5 rings (SSSR count). The standard InChI is InChI=1S/C21H31N3OS/c1-13-18(14(2)24-20(23-13)26-3)4-5-19(25)22-12-21-9-15-6-16(10-21)8-17(7-15)11-21/h15-17H,4-12H2,1-3H3,(H,22,25). The predicted molar refractivity (Wildman–Crippen MR) is 105 cm³/mol. The van der Waals surface area contributed by atoms with Crippen LogP contribution in [0.25, 0.3) is 0 Å². The molecule has 0 radical (unpaired) electrons. The first-order chi connectivity index (χ1) is 12.5. The number of hydrogen-bond donors (Lipinski definition) is 1. The van der Waals surface area contributed by atoms with E-state index in [0.29, 0.717) is 11.8 Å². The Morgan fingerprint density at radius 3 is 2.12 bits per heavy atom. The number of carbonyl (C=O) groups is 1. The third-order valence-electron chi connectivity index (χ3n) is 7.01. The van der Waals surface area contributed by atoms with E-state index in [1.807, 2.05) is 20.1 Å². The lowest BCUT2D eigenvalue weighted by Crippen LogP contribution is -2.51. The van der Waals surface area contributed by atoms with Crippen LogP contribution in [0.4, 0.5) is 0 Å². The summed E-state index contributed by atoms with van der Waals surface area (Å²) >= 11 is 1.56. The maximum absolute atomic E-state index is 12.5. The maximum atomic E-state index is 12.5. The maximum Gasteiger partial charge on any atom is 0.220 e. The van der Waals surface area contributed by atoms with Crippen LogP contribution in [0.1, 0.15) is 61.9 Å². The van der Waals surface area contributed by atoms with Gasteiger partial charge in [0.15, 0.2) is 5.16 Å². The first-order valence-corrected chi connectivity index (χ1v) is 11.3. The summed E-state index contributed by atoms with van der Waals surface area (Å²) in [5.41, 5.74) is 3.57. The van der Waals surface area contributed by atoms with E-state index in [-0.39, 0.29) is 5.91 Å². The third kappa shape index (κ3) is 3.64. The zero-order chi connectivity index (χ0) is 18.3. The summed E-state index contributed by atoms with van der Waals surface area (Å²) in [4.78, 5) is 21.5. The van der Waals surface area contributed by atoms with Crippen LogP contribution in [0, 0.1) is 37.0 Å². The van der Waals surface area contributed by atoms with Crippen LogP contribution in [0.15, 0.2) is 5.16 Å². The zero-order valence-electron chi connectivity index (χ0n) is 16.3. The Labute approximate surface area is 161 Å². The molecule has 0 spiro atoms. The second-order valence-corrected chi connectivity index (χ2v) is 9.83. The number of rotatable bonds is 6. The van der Waals surface area contributed by atoms with Crippen molar-refractivity contribution in [3.8, 4) is 0 Å². The van der Waals surface area contributed by atoms with Gasteiger partial charge in [0.25, 0.3) is 0 Å². The van der Waals surface area contributed by atoms with Crippen molar-refractivity contribution in [1.29, 1.82) is 0 Å². The minimum atomic E-state index is 0.188. The lowest BCUT2D eigenvalue weighted by atomic mass is 9.49. The normalized spacial score (nSPS) is 32.0. The van der Waals surface area contributed by atoms with E-state index in [9.17, 15) is 4.79 Å². The molecule has 0 aliphatic heterocycles. The van der Waals surface area contributed by atoms with Crippen molar-refractivity contribution in [1.82, 2.24) is 15.3 Å². The molecule has 5 heteroatoms. The van der Waals surface area contributed by atoms with Gasteiger partial charge in [0.1, 0.15) is 0 Å². The second kappa shape index (κ2) is 7.14. The summed E-state index contributed by atoms with van der Waals surface area (Å²) in [7, 11) is 0. The van der Waals surface area contributed by atoms with Gasteiger partial charge < -0.3 is 5.32 Å². The van der Waals surface area contributed by atoms with Crippen molar-refractivity contribution in [3.63, 3.8) is 0 Å². The minimum absolute atomic E-state index is 0.188. The van der Waals surface area contributed by atoms with Gasteiger partial charge in [0.05, 0.1) is 0 Å². The monoisotopic (exact) mass is 373 g/mol. The first kappa shape index (κ1) is 18.3. The first-order valence-electron chi connectivity index (χ1n) is 10.1. The molecule has 0 unspecified atom stereocenters. The third-order valence-corrected chi connectivity index (χ3v) is 7.56. The molecule has 142 valence electrons. The number of thioether (sulfide) groups is 1. The lowest BCUT2D eigenvalue weighted by molar-refractivity contribution is -0.123. The minimum Gasteiger partial charge on any atom is -0.356 e. The van der Waals surface area contributed by atoms with Crippen LogP contribution in [0.5, 0.6) is 0 Å². The molecule has 4 nitrogen and oxygen atoms in total. The van der Waals surface area contributed by atoms with Crippen molar-refractivity contribution >= 4 is 17.7 Å². The Kier molecular flexibility index (Phi) is 5.02. The molecule has 0 saturated heterocycles. The van der Waals surface area contributed by atoms with Gasteiger partial charge >= 0.3 is 0 Å². The average Bonchev–Trinajstić information content (AvgIpc) is 2.58. The summed E-state index contributed by atoms with van der Waals surface area (Å²) in [6, 6.07) is 0. The summed E-state index contributed by atoms with van der Waals surface area (Å²) in [6.07, 6.45) is 11.7. The molecule has 26 heavy (non-hydrogen) atoms. The fourth-order valence-electron chi connectivity index (χ4n) is 6.28. The van der Waals surface area contributed by atoms with E-state index in [0.717, 1.165) is 52.8 Å². The number of hydrogen-bond acceptors (Lipinski definition) is 4. The van der Waals surface area contributed by atoms with Crippen LogP contribution in [0.3, 0.4) is 0 Å². The fraction of sp³-hybridized carbons (Fsp3) is 0.762. The van der Waals surface area contributed by atoms with E-state index < -0.39 is 0 Å². The molecule has 1 heterocycles. The number of amides is 1. The van der Waals surface area contributed by atoms with Gasteiger partial charge in [-0.05, 0) is 93.8 Å². The summed E-state index contributed by atoms with van der Waals surface area (Å²) in [6.45, 7) is 4.95. The molecule has 4 bridgehead atoms. The van der Waals surface area contributed by atoms with Crippen LogP contribution < -0.4 is 5.32 Å². The smallest absolute Gasteiger partial charge is 0.220 e. The number of nitrogens with one attached hydrogen (secondary N) is 1. The van der Waals surface area contributed by atoms with Crippen LogP contribution in [-0.4, -0.2) is 28.7 Å². The highest BCUT2D eigenvalue weighted by molar-refractivity contribution is 7.98. The molecule has 4 aliphatic rings. The fourth-order valence-corrected chi connectivity index (χ4v) is 6.74. The van der Waals surface area contributed by atoms with Gasteiger partial charge in [-0.1, -0.05) is 11.8 Å². The molecule has 0 aromatic carbocycles. The molecular weight excluding hydrogens is 342 g/mol. The summed E-state index contributed by atoms with van der Waals surface area (Å²) in [5.74, 6) is 3.01. The van der Waals surface area contributed by atoms with E-state index in [1.54, 1.807) is 11.8 Å². The van der Waals surface area contributed by atoms with Gasteiger partial charge in [-0.15, -0.1) is 0 Å². The molecule has 4 fully saturated rings. The number of carbonyl (C=O) groups excluding carboxylic acids is 1. The van der Waals surface area contributed by atoms with Crippen LogP contribution in [0.2, 0.25) is 0 Å². The number of aryl methyl sites for hydroxylation is 2. The van der Waals surface area contributed by atoms with Crippen molar-refractivity contribution in [2.24, 2.45) is 23.2 Å². The Balaban J connectivity index is 1.31. The molecule has 1 aromatic rings. The lowest BCUT2D eigenvalue weighted by Gasteiger charge is -2.56. The number of nitrogens with zero attached hydrogens (tertiary/aromatic N) is 2. The van der Waals surface area contributed by atoms with E-state index in [4.69, 9.17) is 0 Å². The highest BCUT2D eigenvalue weighted by Gasteiger charge is 2.50. The highest BCUT2D eigenvalue weighted by atomic mass is 32.2. The topological polar surface area (TPSA) is 54.9 Å². The predicted octanol–water partition coefficient (Wildman–Crippen LogP) is 4.08. The highest BCUT2D eigenvalue weighted by Crippen LogP contribution is 2.59. The van der Waals surface area contributed by atoms with Gasteiger partial charge in [-0.3, -0.25) is 4.79 Å². The van der Waals surface area contributed by atoms with Gasteiger partial charge in [0, 0.05) is 24.4 Å². The van der Waals surface area contributed by atoms with Crippen LogP contribution in [-0.2, 0) is 11.2 Å². The molecule has 0 atom stereocenters. The Morgan fingerprint density at radius 2 is 1.62 bits per heavy atom. The Morgan fingerprint density at radius 1 is 1.08 bits per heavy atom. The number of aromatic nitrogens is 2. The largest absolute Gasteiger partial charge is 0.356 e. The van der Waals surface area contributed by atoms with Crippen molar-refractivity contribution in [2.45, 2.75) is 70.4 Å². The zero-order valence-corrected chi connectivity index (χ0v) is 17.1. The van der Waals surface area contributed by atoms with Crippen molar-refractivity contribution < 1.29 is 4.79 Å². The van der Waals surface area contributed by atoms with Crippen LogP contribution >= 0.6 is 11.8 Å². The second-order valence-electron chi connectivity index (χ2n) is 9.05. The van der Waals surface area contributed by atoms with Gasteiger partial charge in [0.2, 0.25) is 5.91 Å². The molecular formula is C21H31N3OS. The Hall–Kier alpha value is -1.10. The SMILES string of the molecule is CSc1nc(C)c(CCC(=O)NCC23CC4CC(CC(C4)C2)C3)c(C)n1. The quantitative estimate of drug-likeness (QED) is 0.603. The molecule has 1 aromatic heterocycles. The van der Waals surface area contributed by atoms with E-state index in [2.05, 4.69) is 15.3 Å². The van der Waals surface area contributed by atoms with Crippen molar-refractivity contribution in [2.75, 3.05) is 12.8 Å². The summed E-state index contributed by atoms with van der Waals surface area (Å²) in [5, 5.41) is 4.10. The Bertz CT molecular complexity index is 644. The van der Waals surface area contributed by atoms with Gasteiger partial charge in [-0.2, -0.15) is 0 Å². The molecule has 4 saturated carbocycles. The molecule has 1 amide bonds. The summed E-state index contributed by atoms with van der Waals surface area (Å²) < 4.78 is 0. The van der Waals surface area contributed by atoms with E-state index in [1.165, 1.54) is 38.5 Å². The average molecular weight is 374 g/mol. The van der Waals surface area contributed by atoms with Crippen molar-refractivity contribution in [3.05, 3.63) is 17.0 Å². The molecule has 1 N–H and O–H groups in total. The van der Waals surface area contributed by atoms with E-state index >= 15 is 0 Å².